The molecule has 0 spiro atoms. The smallest absolute Gasteiger partial charge is 0.130 e. The van der Waals surface area contributed by atoms with Crippen molar-refractivity contribution in [3.05, 3.63) is 24.4 Å². The predicted molar refractivity (Wildman–Crippen MR) is 56.2 cm³/mol. The van der Waals surface area contributed by atoms with E-state index in [9.17, 15) is 0 Å². The summed E-state index contributed by atoms with van der Waals surface area (Å²) in [5, 5.41) is 0. The van der Waals surface area contributed by atoms with Gasteiger partial charge in [-0.05, 0) is 24.5 Å². The van der Waals surface area contributed by atoms with Crippen LogP contribution in [-0.2, 0) is 4.74 Å². The Balaban J connectivity index is 2.04. The van der Waals surface area contributed by atoms with Gasteiger partial charge in [0.2, 0.25) is 0 Å². The van der Waals surface area contributed by atoms with E-state index in [1.54, 1.807) is 0 Å². The summed E-state index contributed by atoms with van der Waals surface area (Å²) in [4.78, 5) is 6.51. The van der Waals surface area contributed by atoms with E-state index in [1.165, 1.54) is 6.42 Å². The number of hydrogen-bond acceptors (Lipinski definition) is 3. The molecule has 3 heteroatoms. The average molecular weight is 192 g/mol. The zero-order valence-electron chi connectivity index (χ0n) is 8.52. The number of ether oxygens (including phenoxy) is 1. The van der Waals surface area contributed by atoms with Crippen molar-refractivity contribution in [2.75, 3.05) is 24.8 Å². The van der Waals surface area contributed by atoms with Crippen molar-refractivity contribution in [2.45, 2.75) is 13.3 Å². The van der Waals surface area contributed by atoms with Gasteiger partial charge >= 0.3 is 0 Å². The van der Waals surface area contributed by atoms with Gasteiger partial charge < -0.3 is 9.64 Å². The second-order valence-corrected chi connectivity index (χ2v) is 3.68. The molecule has 0 amide bonds. The minimum atomic E-state index is 0.644. The van der Waals surface area contributed by atoms with Gasteiger partial charge in [-0.2, -0.15) is 0 Å². The number of hydrogen-bond donors (Lipinski definition) is 0. The van der Waals surface area contributed by atoms with Crippen LogP contribution in [-0.4, -0.2) is 24.9 Å². The molecule has 1 atom stereocenters. The van der Waals surface area contributed by atoms with E-state index in [4.69, 9.17) is 4.74 Å². The van der Waals surface area contributed by atoms with Crippen LogP contribution in [0.15, 0.2) is 24.4 Å². The fraction of sp³-hybridized carbons (Fsp3) is 0.545. The van der Waals surface area contributed by atoms with Gasteiger partial charge in [0.1, 0.15) is 12.5 Å². The van der Waals surface area contributed by atoms with Crippen LogP contribution in [0.2, 0.25) is 0 Å². The lowest BCUT2D eigenvalue weighted by Crippen LogP contribution is -2.39. The zero-order chi connectivity index (χ0) is 9.80. The molecule has 0 aromatic carbocycles. The van der Waals surface area contributed by atoms with E-state index in [-0.39, 0.29) is 0 Å². The molecule has 0 aliphatic carbocycles. The van der Waals surface area contributed by atoms with Crippen molar-refractivity contribution in [3.63, 3.8) is 0 Å². The molecular formula is C11H16N2O. The first-order valence-electron chi connectivity index (χ1n) is 5.14. The Morgan fingerprint density at radius 1 is 1.57 bits per heavy atom. The highest BCUT2D eigenvalue weighted by Crippen LogP contribution is 2.17. The topological polar surface area (TPSA) is 25.4 Å². The second-order valence-electron chi connectivity index (χ2n) is 3.68. The Labute approximate surface area is 84.7 Å². The lowest BCUT2D eigenvalue weighted by molar-refractivity contribution is 0.0661. The Hall–Kier alpha value is -1.09. The van der Waals surface area contributed by atoms with Crippen LogP contribution in [0.25, 0.3) is 0 Å². The second kappa shape index (κ2) is 4.42. The molecule has 0 bridgehead atoms. The fourth-order valence-electron chi connectivity index (χ4n) is 1.69. The van der Waals surface area contributed by atoms with Crippen molar-refractivity contribution < 1.29 is 4.74 Å². The number of nitrogens with zero attached hydrogens (tertiary/aromatic N) is 2. The van der Waals surface area contributed by atoms with Gasteiger partial charge in [0, 0.05) is 12.7 Å². The first-order valence-corrected chi connectivity index (χ1v) is 5.14. The van der Waals surface area contributed by atoms with Gasteiger partial charge in [-0.25, -0.2) is 4.98 Å². The summed E-state index contributed by atoms with van der Waals surface area (Å²) in [6.07, 6.45) is 2.99. The summed E-state index contributed by atoms with van der Waals surface area (Å²) in [7, 11) is 0. The molecule has 0 saturated carbocycles. The normalized spacial score (nSPS) is 22.4. The Kier molecular flexibility index (Phi) is 2.99. The maximum absolute atomic E-state index is 5.53. The molecule has 3 nitrogen and oxygen atoms in total. The van der Waals surface area contributed by atoms with Gasteiger partial charge in [-0.15, -0.1) is 0 Å². The van der Waals surface area contributed by atoms with Gasteiger partial charge in [0.25, 0.3) is 0 Å². The number of aromatic nitrogens is 1. The van der Waals surface area contributed by atoms with E-state index >= 15 is 0 Å². The van der Waals surface area contributed by atoms with Crippen molar-refractivity contribution in [2.24, 2.45) is 5.92 Å². The molecule has 76 valence electrons. The van der Waals surface area contributed by atoms with Crippen LogP contribution in [0.5, 0.6) is 0 Å². The van der Waals surface area contributed by atoms with Crippen LogP contribution in [0, 0.1) is 5.92 Å². The number of pyridine rings is 1. The van der Waals surface area contributed by atoms with Gasteiger partial charge in [0.05, 0.1) is 6.61 Å². The monoisotopic (exact) mass is 192 g/mol. The summed E-state index contributed by atoms with van der Waals surface area (Å²) in [5.74, 6) is 1.66. The number of rotatable bonds is 2. The van der Waals surface area contributed by atoms with Gasteiger partial charge in [0.15, 0.2) is 0 Å². The molecular weight excluding hydrogens is 176 g/mol. The molecule has 14 heavy (non-hydrogen) atoms. The molecule has 2 heterocycles. The quantitative estimate of drug-likeness (QED) is 0.715. The van der Waals surface area contributed by atoms with Crippen LogP contribution in [0.3, 0.4) is 0 Å². The van der Waals surface area contributed by atoms with Crippen molar-refractivity contribution in [1.82, 2.24) is 4.98 Å². The van der Waals surface area contributed by atoms with E-state index in [0.29, 0.717) is 12.6 Å². The lowest BCUT2D eigenvalue weighted by atomic mass is 10.1. The van der Waals surface area contributed by atoms with E-state index < -0.39 is 0 Å². The van der Waals surface area contributed by atoms with Gasteiger partial charge in [-0.3, -0.25) is 0 Å². The molecule has 1 aliphatic rings. The minimum Gasteiger partial charge on any atom is -0.361 e. The fourth-order valence-corrected chi connectivity index (χ4v) is 1.69. The molecule has 1 aromatic heterocycles. The van der Waals surface area contributed by atoms with E-state index in [2.05, 4.69) is 16.8 Å². The highest BCUT2D eigenvalue weighted by Gasteiger charge is 2.19. The van der Waals surface area contributed by atoms with Crippen molar-refractivity contribution in [3.8, 4) is 0 Å². The number of anilines is 1. The summed E-state index contributed by atoms with van der Waals surface area (Å²) in [6.45, 7) is 4.83. The standard InChI is InChI=1S/C11H16N2O/c1-2-10-7-13(9-14-8-10)11-5-3-4-6-12-11/h3-6,10H,2,7-9H2,1H3. The Morgan fingerprint density at radius 2 is 2.50 bits per heavy atom. The summed E-state index contributed by atoms with van der Waals surface area (Å²) < 4.78 is 5.53. The van der Waals surface area contributed by atoms with E-state index in [0.717, 1.165) is 19.0 Å². The molecule has 1 aliphatic heterocycles. The third kappa shape index (κ3) is 2.04. The first-order chi connectivity index (χ1) is 6.90. The molecule has 1 fully saturated rings. The SMILES string of the molecule is CCC1COCN(c2ccccn2)C1. The van der Waals surface area contributed by atoms with Crippen LogP contribution >= 0.6 is 0 Å². The molecule has 2 rings (SSSR count). The molecule has 1 saturated heterocycles. The third-order valence-corrected chi connectivity index (χ3v) is 2.63. The third-order valence-electron chi connectivity index (χ3n) is 2.63. The van der Waals surface area contributed by atoms with Crippen LogP contribution in [0.1, 0.15) is 13.3 Å². The highest BCUT2D eigenvalue weighted by atomic mass is 16.5. The Morgan fingerprint density at radius 3 is 3.21 bits per heavy atom. The minimum absolute atomic E-state index is 0.644. The van der Waals surface area contributed by atoms with Crippen molar-refractivity contribution in [1.29, 1.82) is 0 Å². The van der Waals surface area contributed by atoms with Crippen LogP contribution in [0.4, 0.5) is 5.82 Å². The predicted octanol–water partition coefficient (Wildman–Crippen LogP) is 1.90. The first kappa shape index (κ1) is 9.46. The van der Waals surface area contributed by atoms with Crippen molar-refractivity contribution >= 4 is 5.82 Å². The van der Waals surface area contributed by atoms with Gasteiger partial charge in [-0.1, -0.05) is 13.0 Å². The molecule has 0 N–H and O–H groups in total. The summed E-state index contributed by atoms with van der Waals surface area (Å²) in [5.41, 5.74) is 0. The maximum Gasteiger partial charge on any atom is 0.130 e. The van der Waals surface area contributed by atoms with Crippen LogP contribution < -0.4 is 4.90 Å². The maximum atomic E-state index is 5.53. The lowest BCUT2D eigenvalue weighted by Gasteiger charge is -2.32. The summed E-state index contributed by atoms with van der Waals surface area (Å²) in [6, 6.07) is 5.98. The average Bonchev–Trinajstić information content (AvgIpc) is 2.30. The zero-order valence-corrected chi connectivity index (χ0v) is 8.52. The summed E-state index contributed by atoms with van der Waals surface area (Å²) >= 11 is 0. The molecule has 1 unspecified atom stereocenters. The molecule has 0 radical (unpaired) electrons. The molecule has 1 aromatic rings. The Bertz CT molecular complexity index is 276. The van der Waals surface area contributed by atoms with E-state index in [1.807, 2.05) is 24.4 Å². The largest absolute Gasteiger partial charge is 0.361 e. The highest BCUT2D eigenvalue weighted by molar-refractivity contribution is 5.37.